The summed E-state index contributed by atoms with van der Waals surface area (Å²) in [5.41, 5.74) is 1.31. The van der Waals surface area contributed by atoms with Gasteiger partial charge < -0.3 is 5.32 Å². The predicted molar refractivity (Wildman–Crippen MR) is 82.4 cm³/mol. The third-order valence-corrected chi connectivity index (χ3v) is 4.16. The molecule has 1 fully saturated rings. The van der Waals surface area contributed by atoms with Gasteiger partial charge in [0.15, 0.2) is 0 Å². The van der Waals surface area contributed by atoms with Crippen molar-refractivity contribution in [3.05, 3.63) is 51.7 Å². The van der Waals surface area contributed by atoms with E-state index in [2.05, 4.69) is 15.4 Å². The highest BCUT2D eigenvalue weighted by atomic mass is 35.5. The van der Waals surface area contributed by atoms with Gasteiger partial charge in [-0.2, -0.15) is 5.10 Å². The summed E-state index contributed by atoms with van der Waals surface area (Å²) in [7, 11) is 0. The molecular weight excluding hydrogens is 288 g/mol. The van der Waals surface area contributed by atoms with Gasteiger partial charge in [-0.1, -0.05) is 18.0 Å². The van der Waals surface area contributed by atoms with E-state index in [9.17, 15) is 4.79 Å². The van der Waals surface area contributed by atoms with Crippen LogP contribution in [-0.2, 0) is 13.1 Å². The van der Waals surface area contributed by atoms with Crippen molar-refractivity contribution in [2.45, 2.75) is 32.4 Å². The molecule has 0 spiro atoms. The van der Waals surface area contributed by atoms with E-state index in [0.29, 0.717) is 29.7 Å². The summed E-state index contributed by atoms with van der Waals surface area (Å²) in [6, 6.07) is 3.80. The third kappa shape index (κ3) is 3.24. The van der Waals surface area contributed by atoms with Gasteiger partial charge in [0.05, 0.1) is 11.2 Å². The second-order valence-corrected chi connectivity index (χ2v) is 5.77. The molecule has 0 unspecified atom stereocenters. The number of hydrogen-bond acceptors (Lipinski definition) is 4. The standard InChI is InChI=1S/C15H17ClN4O/c16-13-9-19-20(10-12-2-1-3-12)15(21)14(13)18-8-11-4-6-17-7-5-11/h4-7,9,12,18H,1-3,8,10H2. The van der Waals surface area contributed by atoms with E-state index < -0.39 is 0 Å². The molecule has 6 heteroatoms. The number of nitrogens with one attached hydrogen (secondary N) is 1. The van der Waals surface area contributed by atoms with Crippen LogP contribution in [0.4, 0.5) is 5.69 Å². The molecule has 2 heterocycles. The van der Waals surface area contributed by atoms with Crippen LogP contribution < -0.4 is 10.9 Å². The van der Waals surface area contributed by atoms with Crippen LogP contribution in [0.1, 0.15) is 24.8 Å². The highest BCUT2D eigenvalue weighted by Gasteiger charge is 2.20. The molecule has 2 aromatic rings. The van der Waals surface area contributed by atoms with E-state index in [0.717, 1.165) is 5.56 Å². The van der Waals surface area contributed by atoms with Crippen LogP contribution in [0.25, 0.3) is 0 Å². The Morgan fingerprint density at radius 3 is 2.76 bits per heavy atom. The molecule has 0 atom stereocenters. The van der Waals surface area contributed by atoms with Crippen molar-refractivity contribution >= 4 is 17.3 Å². The highest BCUT2D eigenvalue weighted by molar-refractivity contribution is 6.32. The molecule has 1 saturated carbocycles. The van der Waals surface area contributed by atoms with Crippen molar-refractivity contribution in [2.24, 2.45) is 5.92 Å². The number of nitrogens with zero attached hydrogens (tertiary/aromatic N) is 3. The smallest absolute Gasteiger partial charge is 0.291 e. The lowest BCUT2D eigenvalue weighted by atomic mass is 9.85. The minimum Gasteiger partial charge on any atom is -0.375 e. The van der Waals surface area contributed by atoms with E-state index in [1.165, 1.54) is 30.1 Å². The minimum absolute atomic E-state index is 0.150. The van der Waals surface area contributed by atoms with Crippen molar-refractivity contribution in [3.63, 3.8) is 0 Å². The second-order valence-electron chi connectivity index (χ2n) is 5.36. The zero-order valence-electron chi connectivity index (χ0n) is 11.6. The molecular formula is C15H17ClN4O. The van der Waals surface area contributed by atoms with Crippen LogP contribution in [0.2, 0.25) is 5.02 Å². The maximum absolute atomic E-state index is 12.4. The van der Waals surface area contributed by atoms with Crippen LogP contribution in [0.15, 0.2) is 35.5 Å². The summed E-state index contributed by atoms with van der Waals surface area (Å²) in [5, 5.41) is 7.61. The molecule has 0 saturated heterocycles. The number of hydrogen-bond donors (Lipinski definition) is 1. The van der Waals surface area contributed by atoms with Gasteiger partial charge in [0.25, 0.3) is 5.56 Å². The van der Waals surface area contributed by atoms with Crippen molar-refractivity contribution in [3.8, 4) is 0 Å². The van der Waals surface area contributed by atoms with Crippen LogP contribution >= 0.6 is 11.6 Å². The maximum Gasteiger partial charge on any atom is 0.291 e. The number of aromatic nitrogens is 3. The molecule has 0 amide bonds. The quantitative estimate of drug-likeness (QED) is 0.922. The molecule has 0 radical (unpaired) electrons. The lowest BCUT2D eigenvalue weighted by Crippen LogP contribution is -2.30. The SMILES string of the molecule is O=c1c(NCc2ccncc2)c(Cl)cnn1CC1CCC1. The van der Waals surface area contributed by atoms with E-state index in [1.54, 1.807) is 12.4 Å². The first kappa shape index (κ1) is 14.1. The van der Waals surface area contributed by atoms with Gasteiger partial charge in [-0.25, -0.2) is 4.68 Å². The van der Waals surface area contributed by atoms with Crippen molar-refractivity contribution < 1.29 is 0 Å². The van der Waals surface area contributed by atoms with E-state index in [-0.39, 0.29) is 5.56 Å². The van der Waals surface area contributed by atoms with Gasteiger partial charge >= 0.3 is 0 Å². The topological polar surface area (TPSA) is 59.8 Å². The number of pyridine rings is 1. The summed E-state index contributed by atoms with van der Waals surface area (Å²) in [6.07, 6.45) is 8.59. The van der Waals surface area contributed by atoms with E-state index in [4.69, 9.17) is 11.6 Å². The molecule has 1 aliphatic rings. The number of rotatable bonds is 5. The molecule has 2 aromatic heterocycles. The Labute approximate surface area is 128 Å². The largest absolute Gasteiger partial charge is 0.375 e. The molecule has 1 N–H and O–H groups in total. The molecule has 3 rings (SSSR count). The summed E-state index contributed by atoms with van der Waals surface area (Å²) >= 11 is 6.10. The van der Waals surface area contributed by atoms with Crippen LogP contribution in [0.5, 0.6) is 0 Å². The molecule has 1 aliphatic carbocycles. The maximum atomic E-state index is 12.4. The average Bonchev–Trinajstić information content (AvgIpc) is 2.45. The summed E-state index contributed by atoms with van der Waals surface area (Å²) in [5.74, 6) is 0.574. The fourth-order valence-electron chi connectivity index (χ4n) is 2.37. The van der Waals surface area contributed by atoms with Gasteiger partial charge in [-0.3, -0.25) is 9.78 Å². The van der Waals surface area contributed by atoms with E-state index in [1.807, 2.05) is 12.1 Å². The van der Waals surface area contributed by atoms with Crippen LogP contribution in [0.3, 0.4) is 0 Å². The van der Waals surface area contributed by atoms with Crippen molar-refractivity contribution in [2.75, 3.05) is 5.32 Å². The summed E-state index contributed by atoms with van der Waals surface area (Å²) in [4.78, 5) is 16.4. The Morgan fingerprint density at radius 2 is 2.10 bits per heavy atom. The minimum atomic E-state index is -0.150. The fraction of sp³-hybridized carbons (Fsp3) is 0.400. The molecule has 110 valence electrons. The Bertz CT molecular complexity index is 667. The molecule has 0 aromatic carbocycles. The monoisotopic (exact) mass is 304 g/mol. The van der Waals surface area contributed by atoms with Crippen LogP contribution in [0, 0.1) is 5.92 Å². The summed E-state index contributed by atoms with van der Waals surface area (Å²) < 4.78 is 1.52. The molecule has 5 nitrogen and oxygen atoms in total. The Morgan fingerprint density at radius 1 is 1.33 bits per heavy atom. The Hall–Kier alpha value is -1.88. The Kier molecular flexibility index (Phi) is 4.20. The number of halogens is 1. The highest BCUT2D eigenvalue weighted by Crippen LogP contribution is 2.27. The van der Waals surface area contributed by atoms with Gasteiger partial charge in [-0.15, -0.1) is 0 Å². The van der Waals surface area contributed by atoms with Crippen molar-refractivity contribution in [1.29, 1.82) is 0 Å². The lowest BCUT2D eigenvalue weighted by Gasteiger charge is -2.25. The van der Waals surface area contributed by atoms with Gasteiger partial charge in [0.1, 0.15) is 5.69 Å². The van der Waals surface area contributed by atoms with Gasteiger partial charge in [0, 0.05) is 25.5 Å². The van der Waals surface area contributed by atoms with Crippen molar-refractivity contribution in [1.82, 2.24) is 14.8 Å². The molecule has 0 bridgehead atoms. The van der Waals surface area contributed by atoms with Crippen LogP contribution in [-0.4, -0.2) is 14.8 Å². The zero-order valence-corrected chi connectivity index (χ0v) is 12.4. The number of anilines is 1. The lowest BCUT2D eigenvalue weighted by molar-refractivity contribution is 0.262. The first-order chi connectivity index (χ1) is 10.2. The summed E-state index contributed by atoms with van der Waals surface area (Å²) in [6.45, 7) is 1.21. The zero-order chi connectivity index (χ0) is 14.7. The normalized spacial score (nSPS) is 14.7. The molecule has 21 heavy (non-hydrogen) atoms. The average molecular weight is 305 g/mol. The van der Waals surface area contributed by atoms with Gasteiger partial charge in [0.2, 0.25) is 0 Å². The fourth-order valence-corrected chi connectivity index (χ4v) is 2.56. The predicted octanol–water partition coefficient (Wildman–Crippen LogP) is 2.70. The van der Waals surface area contributed by atoms with Gasteiger partial charge in [-0.05, 0) is 36.5 Å². The molecule has 0 aliphatic heterocycles. The Balaban J connectivity index is 1.77. The third-order valence-electron chi connectivity index (χ3n) is 3.87. The van der Waals surface area contributed by atoms with E-state index >= 15 is 0 Å². The first-order valence-corrected chi connectivity index (χ1v) is 7.50. The second kappa shape index (κ2) is 6.26. The first-order valence-electron chi connectivity index (χ1n) is 7.12.